The Kier molecular flexibility index (Phi) is 2.90. The van der Waals surface area contributed by atoms with E-state index in [4.69, 9.17) is 5.11 Å². The topological polar surface area (TPSA) is 52.8 Å². The Morgan fingerprint density at radius 2 is 2.00 bits per heavy atom. The summed E-state index contributed by atoms with van der Waals surface area (Å²) < 4.78 is 0. The number of para-hydroxylation sites is 1. The fourth-order valence-corrected chi connectivity index (χ4v) is 0.882. The molecule has 0 bridgehead atoms. The second-order valence-electron chi connectivity index (χ2n) is 3.09. The quantitative estimate of drug-likeness (QED) is 0.538. The minimum Gasteiger partial charge on any atom is -0.504 e. The maximum Gasteiger partial charge on any atom is 0.166 e. The highest BCUT2D eigenvalue weighted by Crippen LogP contribution is 2.26. The summed E-state index contributed by atoms with van der Waals surface area (Å²) in [6.07, 6.45) is 1.56. The van der Waals surface area contributed by atoms with Crippen molar-refractivity contribution in [3.05, 3.63) is 23.8 Å². The molecule has 0 amide bonds. The fraction of sp³-hybridized carbons (Fsp3) is 0.300. The van der Waals surface area contributed by atoms with Crippen molar-refractivity contribution in [3.63, 3.8) is 0 Å². The van der Waals surface area contributed by atoms with E-state index in [9.17, 15) is 5.11 Å². The molecule has 0 atom stereocenters. The largest absolute Gasteiger partial charge is 0.504 e. The minimum atomic E-state index is -0.119. The predicted molar refractivity (Wildman–Crippen MR) is 52.5 cm³/mol. The summed E-state index contributed by atoms with van der Waals surface area (Å²) in [4.78, 5) is 4.10. The van der Waals surface area contributed by atoms with E-state index < -0.39 is 0 Å². The zero-order valence-electron chi connectivity index (χ0n) is 7.73. The summed E-state index contributed by atoms with van der Waals surface area (Å²) in [7, 11) is 0. The normalized spacial score (nSPS) is 11.3. The Labute approximate surface area is 77.4 Å². The first-order chi connectivity index (χ1) is 6.11. The second kappa shape index (κ2) is 3.94. The van der Waals surface area contributed by atoms with Gasteiger partial charge in [-0.3, -0.25) is 4.99 Å². The SMILES string of the molecule is CC(C)N=Cc1cccc(O)c1O. The smallest absolute Gasteiger partial charge is 0.166 e. The fourth-order valence-electron chi connectivity index (χ4n) is 0.882. The number of aliphatic imine (C=N–C) groups is 1. The molecule has 0 radical (unpaired) electrons. The van der Waals surface area contributed by atoms with Gasteiger partial charge in [0.15, 0.2) is 11.5 Å². The van der Waals surface area contributed by atoms with Crippen molar-refractivity contribution in [2.75, 3.05) is 0 Å². The van der Waals surface area contributed by atoms with Crippen LogP contribution in [-0.4, -0.2) is 22.5 Å². The van der Waals surface area contributed by atoms with Crippen LogP contribution in [0, 0.1) is 0 Å². The minimum absolute atomic E-state index is 0.118. The van der Waals surface area contributed by atoms with Gasteiger partial charge >= 0.3 is 0 Å². The molecule has 1 rings (SSSR count). The van der Waals surface area contributed by atoms with Crippen LogP contribution in [0.25, 0.3) is 0 Å². The van der Waals surface area contributed by atoms with Crippen LogP contribution in [0.1, 0.15) is 19.4 Å². The summed E-state index contributed by atoms with van der Waals surface area (Å²) in [5, 5.41) is 18.5. The second-order valence-corrected chi connectivity index (χ2v) is 3.09. The number of nitrogens with zero attached hydrogens (tertiary/aromatic N) is 1. The monoisotopic (exact) mass is 179 g/mol. The summed E-state index contributed by atoms with van der Waals surface area (Å²) in [5.41, 5.74) is 0.536. The molecule has 0 spiro atoms. The standard InChI is InChI=1S/C10H13NO2/c1-7(2)11-6-8-4-3-5-9(12)10(8)13/h3-7,12-13H,1-2H3. The molecular formula is C10H13NO2. The molecular weight excluding hydrogens is 166 g/mol. The molecule has 0 unspecified atom stereocenters. The van der Waals surface area contributed by atoms with Crippen LogP contribution in [0.3, 0.4) is 0 Å². The van der Waals surface area contributed by atoms with E-state index in [2.05, 4.69) is 4.99 Å². The molecule has 0 fully saturated rings. The Balaban J connectivity index is 2.95. The Hall–Kier alpha value is -1.51. The number of phenolic OH excluding ortho intramolecular Hbond substituents is 2. The molecule has 1 aromatic rings. The third-order valence-corrected chi connectivity index (χ3v) is 1.56. The van der Waals surface area contributed by atoms with Crippen molar-refractivity contribution in [1.29, 1.82) is 0 Å². The maximum atomic E-state index is 9.37. The number of benzene rings is 1. The Morgan fingerprint density at radius 1 is 1.31 bits per heavy atom. The highest BCUT2D eigenvalue weighted by atomic mass is 16.3. The lowest BCUT2D eigenvalue weighted by Crippen LogP contribution is -1.90. The van der Waals surface area contributed by atoms with Crippen LogP contribution >= 0.6 is 0 Å². The van der Waals surface area contributed by atoms with Gasteiger partial charge in [0.1, 0.15) is 0 Å². The van der Waals surface area contributed by atoms with E-state index in [0.717, 1.165) is 0 Å². The first-order valence-electron chi connectivity index (χ1n) is 4.15. The van der Waals surface area contributed by atoms with E-state index >= 15 is 0 Å². The van der Waals surface area contributed by atoms with E-state index in [0.29, 0.717) is 5.56 Å². The number of hydrogen-bond donors (Lipinski definition) is 2. The van der Waals surface area contributed by atoms with Crippen molar-refractivity contribution >= 4 is 6.21 Å². The number of phenols is 2. The molecule has 0 saturated carbocycles. The average Bonchev–Trinajstić information content (AvgIpc) is 2.07. The molecule has 0 aromatic heterocycles. The summed E-state index contributed by atoms with van der Waals surface area (Å²) in [5.74, 6) is -0.236. The van der Waals surface area contributed by atoms with Gasteiger partial charge in [-0.05, 0) is 26.0 Å². The molecule has 0 aliphatic carbocycles. The van der Waals surface area contributed by atoms with Crippen LogP contribution < -0.4 is 0 Å². The zero-order chi connectivity index (χ0) is 9.84. The van der Waals surface area contributed by atoms with E-state index in [-0.39, 0.29) is 17.5 Å². The lowest BCUT2D eigenvalue weighted by Gasteiger charge is -2.01. The third-order valence-electron chi connectivity index (χ3n) is 1.56. The van der Waals surface area contributed by atoms with Crippen LogP contribution in [0.4, 0.5) is 0 Å². The van der Waals surface area contributed by atoms with Gasteiger partial charge < -0.3 is 10.2 Å². The van der Waals surface area contributed by atoms with Gasteiger partial charge in [0, 0.05) is 17.8 Å². The van der Waals surface area contributed by atoms with Crippen molar-refractivity contribution in [3.8, 4) is 11.5 Å². The van der Waals surface area contributed by atoms with E-state index in [1.54, 1.807) is 18.3 Å². The van der Waals surface area contributed by atoms with Gasteiger partial charge in [-0.25, -0.2) is 0 Å². The molecule has 2 N–H and O–H groups in total. The Morgan fingerprint density at radius 3 is 2.62 bits per heavy atom. The molecule has 13 heavy (non-hydrogen) atoms. The van der Waals surface area contributed by atoms with Crippen LogP contribution in [0.5, 0.6) is 11.5 Å². The van der Waals surface area contributed by atoms with Gasteiger partial charge in [0.2, 0.25) is 0 Å². The van der Waals surface area contributed by atoms with Crippen molar-refractivity contribution in [1.82, 2.24) is 0 Å². The lowest BCUT2D eigenvalue weighted by atomic mass is 10.2. The van der Waals surface area contributed by atoms with E-state index in [1.165, 1.54) is 6.07 Å². The zero-order valence-corrected chi connectivity index (χ0v) is 7.73. The van der Waals surface area contributed by atoms with Crippen LogP contribution in [0.15, 0.2) is 23.2 Å². The van der Waals surface area contributed by atoms with Crippen LogP contribution in [-0.2, 0) is 0 Å². The van der Waals surface area contributed by atoms with Crippen molar-refractivity contribution in [2.24, 2.45) is 4.99 Å². The van der Waals surface area contributed by atoms with Gasteiger partial charge in [-0.1, -0.05) is 6.07 Å². The lowest BCUT2D eigenvalue weighted by molar-refractivity contribution is 0.403. The molecule has 3 heteroatoms. The van der Waals surface area contributed by atoms with Gasteiger partial charge in [0.25, 0.3) is 0 Å². The molecule has 1 aromatic carbocycles. The van der Waals surface area contributed by atoms with Crippen LogP contribution in [0.2, 0.25) is 0 Å². The average molecular weight is 179 g/mol. The van der Waals surface area contributed by atoms with Gasteiger partial charge in [0.05, 0.1) is 0 Å². The van der Waals surface area contributed by atoms with E-state index in [1.807, 2.05) is 13.8 Å². The summed E-state index contributed by atoms with van der Waals surface area (Å²) in [6, 6.07) is 4.97. The summed E-state index contributed by atoms with van der Waals surface area (Å²) >= 11 is 0. The number of rotatable bonds is 2. The third kappa shape index (κ3) is 2.47. The first-order valence-corrected chi connectivity index (χ1v) is 4.15. The summed E-state index contributed by atoms with van der Waals surface area (Å²) in [6.45, 7) is 3.88. The Bertz CT molecular complexity index is 319. The highest BCUT2D eigenvalue weighted by Gasteiger charge is 2.02. The predicted octanol–water partition coefficient (Wildman–Crippen LogP) is 1.93. The maximum absolute atomic E-state index is 9.37. The first kappa shape index (κ1) is 9.58. The molecule has 0 aliphatic heterocycles. The van der Waals surface area contributed by atoms with Gasteiger partial charge in [-0.2, -0.15) is 0 Å². The molecule has 70 valence electrons. The number of hydrogen-bond acceptors (Lipinski definition) is 3. The van der Waals surface area contributed by atoms with Crippen molar-refractivity contribution < 1.29 is 10.2 Å². The highest BCUT2D eigenvalue weighted by molar-refractivity contribution is 5.84. The number of aromatic hydroxyl groups is 2. The molecule has 0 heterocycles. The molecule has 0 aliphatic rings. The molecule has 0 saturated heterocycles. The van der Waals surface area contributed by atoms with Gasteiger partial charge in [-0.15, -0.1) is 0 Å². The van der Waals surface area contributed by atoms with Crippen molar-refractivity contribution in [2.45, 2.75) is 19.9 Å². The molecule has 3 nitrogen and oxygen atoms in total.